The lowest BCUT2D eigenvalue weighted by atomic mass is 10.0. The maximum atomic E-state index is 13.6. The molecule has 0 radical (unpaired) electrons. The van der Waals surface area contributed by atoms with Crippen LogP contribution in [0.4, 0.5) is 11.5 Å². The summed E-state index contributed by atoms with van der Waals surface area (Å²) < 4.78 is 7.40. The van der Waals surface area contributed by atoms with E-state index in [4.69, 9.17) is 17.0 Å². The number of methoxy groups -OCH3 is 1. The average Bonchev–Trinajstić information content (AvgIpc) is 3.22. The Hall–Kier alpha value is -3.13. The fourth-order valence-electron chi connectivity index (χ4n) is 5.01. The van der Waals surface area contributed by atoms with E-state index in [1.807, 2.05) is 24.3 Å². The lowest BCUT2D eigenvalue weighted by Crippen LogP contribution is -2.48. The van der Waals surface area contributed by atoms with Crippen LogP contribution in [0, 0.1) is 18.3 Å². The zero-order valence-electron chi connectivity index (χ0n) is 22.8. The van der Waals surface area contributed by atoms with Gasteiger partial charge in [-0.3, -0.25) is 19.1 Å². The molecule has 3 heterocycles. The van der Waals surface area contributed by atoms with Crippen molar-refractivity contribution in [3.05, 3.63) is 62.3 Å². The van der Waals surface area contributed by atoms with E-state index in [2.05, 4.69) is 34.9 Å². The second kappa shape index (κ2) is 13.3. The number of hydrogen-bond acceptors (Lipinski definition) is 8. The molecule has 4 rings (SSSR count). The first-order chi connectivity index (χ1) is 18.9. The highest BCUT2D eigenvalue weighted by Gasteiger charge is 2.33. The Kier molecular flexibility index (Phi) is 9.83. The van der Waals surface area contributed by atoms with Crippen molar-refractivity contribution in [1.82, 2.24) is 9.47 Å². The Morgan fingerprint density at radius 1 is 1.08 bits per heavy atom. The molecule has 1 aromatic heterocycles. The molecule has 2 aromatic rings. The topological polar surface area (TPSA) is 81.8 Å². The van der Waals surface area contributed by atoms with Crippen LogP contribution < -0.4 is 15.4 Å². The maximum Gasteiger partial charge on any atom is 0.270 e. The molecule has 39 heavy (non-hydrogen) atoms. The van der Waals surface area contributed by atoms with E-state index in [0.717, 1.165) is 37.3 Å². The van der Waals surface area contributed by atoms with Gasteiger partial charge in [0.1, 0.15) is 21.8 Å². The van der Waals surface area contributed by atoms with Crippen molar-refractivity contribution in [1.29, 1.82) is 5.26 Å². The Labute approximate surface area is 239 Å². The lowest BCUT2D eigenvalue weighted by Gasteiger charge is -2.39. The summed E-state index contributed by atoms with van der Waals surface area (Å²) in [4.78, 5) is 33.6. The number of thioether (sulfide) groups is 1. The van der Waals surface area contributed by atoms with Gasteiger partial charge in [0, 0.05) is 64.2 Å². The summed E-state index contributed by atoms with van der Waals surface area (Å²) in [5, 5.41) is 9.94. The zero-order chi connectivity index (χ0) is 27.9. The van der Waals surface area contributed by atoms with Crippen LogP contribution in [0.5, 0.6) is 0 Å². The number of para-hydroxylation sites is 1. The normalized spacial score (nSPS) is 16.9. The van der Waals surface area contributed by atoms with E-state index < -0.39 is 0 Å². The largest absolute Gasteiger partial charge is 0.385 e. The number of pyridine rings is 1. The highest BCUT2D eigenvalue weighted by molar-refractivity contribution is 8.26. The Bertz CT molecular complexity index is 1340. The Balaban J connectivity index is 1.76. The van der Waals surface area contributed by atoms with E-state index in [1.54, 1.807) is 23.5 Å². The van der Waals surface area contributed by atoms with Gasteiger partial charge in [0.25, 0.3) is 11.5 Å². The third-order valence-corrected chi connectivity index (χ3v) is 8.54. The quantitative estimate of drug-likeness (QED) is 0.238. The number of amides is 1. The number of unbranched alkanes of at least 4 members (excludes halogenated alkanes) is 1. The molecule has 0 spiro atoms. The smallest absolute Gasteiger partial charge is 0.270 e. The number of aromatic nitrogens is 1. The standard InChI is InChI=1S/C29H35N5O3S2/c1-4-5-12-33-26(32-16-14-31(15-17-32)22-10-7-6-8-11-22)23(21(2)24(20-30)27(33)35)19-25-28(36)34(29(38)39-25)13-9-18-37-3/h6-8,10-11,19H,4-5,9,12-18H2,1-3H3/b25-19-. The van der Waals surface area contributed by atoms with Gasteiger partial charge in [-0.2, -0.15) is 5.26 Å². The van der Waals surface area contributed by atoms with Crippen molar-refractivity contribution in [3.8, 4) is 6.07 Å². The molecular formula is C29H35N5O3S2. The van der Waals surface area contributed by atoms with Crippen molar-refractivity contribution in [2.45, 2.75) is 39.7 Å². The number of ether oxygens (including phenoxy) is 1. The monoisotopic (exact) mass is 565 g/mol. The fraction of sp³-hybridized carbons (Fsp3) is 0.448. The second-order valence-corrected chi connectivity index (χ2v) is 11.3. The van der Waals surface area contributed by atoms with Gasteiger partial charge in [0.2, 0.25) is 0 Å². The van der Waals surface area contributed by atoms with Gasteiger partial charge in [0.05, 0.1) is 4.91 Å². The summed E-state index contributed by atoms with van der Waals surface area (Å²) in [6, 6.07) is 12.4. The predicted molar refractivity (Wildman–Crippen MR) is 162 cm³/mol. The van der Waals surface area contributed by atoms with Crippen LogP contribution in [0.15, 0.2) is 40.0 Å². The SMILES string of the molecule is CCCCn1c(N2CCN(c3ccccc3)CC2)c(/C=C2\SC(=S)N(CCCOC)C2=O)c(C)c(C#N)c1=O. The lowest BCUT2D eigenvalue weighted by molar-refractivity contribution is -0.122. The minimum atomic E-state index is -0.270. The highest BCUT2D eigenvalue weighted by atomic mass is 32.2. The van der Waals surface area contributed by atoms with Gasteiger partial charge in [-0.1, -0.05) is 55.5 Å². The molecule has 2 fully saturated rings. The minimum absolute atomic E-state index is 0.125. The third-order valence-electron chi connectivity index (χ3n) is 7.16. The molecule has 2 aliphatic heterocycles. The van der Waals surface area contributed by atoms with Gasteiger partial charge in [-0.05, 0) is 43.5 Å². The number of hydrogen-bond donors (Lipinski definition) is 0. The molecule has 0 unspecified atom stereocenters. The summed E-state index contributed by atoms with van der Waals surface area (Å²) in [6.45, 7) is 8.45. The van der Waals surface area contributed by atoms with E-state index >= 15 is 0 Å². The molecule has 0 saturated carbocycles. The van der Waals surface area contributed by atoms with E-state index in [1.165, 1.54) is 17.4 Å². The molecule has 0 aliphatic carbocycles. The molecule has 10 heteroatoms. The van der Waals surface area contributed by atoms with Crippen LogP contribution in [0.2, 0.25) is 0 Å². The van der Waals surface area contributed by atoms with Crippen LogP contribution in [-0.2, 0) is 16.1 Å². The van der Waals surface area contributed by atoms with Crippen LogP contribution in [-0.4, -0.2) is 66.1 Å². The van der Waals surface area contributed by atoms with Crippen LogP contribution in [0.25, 0.3) is 6.08 Å². The number of thiocarbonyl (C=S) groups is 1. The summed E-state index contributed by atoms with van der Waals surface area (Å²) in [5.74, 6) is 0.632. The fourth-order valence-corrected chi connectivity index (χ4v) is 6.30. The van der Waals surface area contributed by atoms with Crippen molar-refractivity contribution in [3.63, 3.8) is 0 Å². The number of anilines is 2. The van der Waals surface area contributed by atoms with Crippen LogP contribution in [0.1, 0.15) is 42.9 Å². The first kappa shape index (κ1) is 28.9. The van der Waals surface area contributed by atoms with Crippen molar-refractivity contribution in [2.75, 3.05) is 56.2 Å². The van der Waals surface area contributed by atoms with Crippen LogP contribution >= 0.6 is 24.0 Å². The molecule has 2 saturated heterocycles. The van der Waals surface area contributed by atoms with Crippen molar-refractivity contribution >= 4 is 51.8 Å². The Morgan fingerprint density at radius 3 is 2.41 bits per heavy atom. The molecule has 0 bridgehead atoms. The number of benzene rings is 1. The molecule has 206 valence electrons. The number of piperazine rings is 1. The Morgan fingerprint density at radius 2 is 1.77 bits per heavy atom. The summed E-state index contributed by atoms with van der Waals surface area (Å²) >= 11 is 6.79. The van der Waals surface area contributed by atoms with E-state index in [9.17, 15) is 14.9 Å². The molecule has 8 nitrogen and oxygen atoms in total. The number of nitriles is 1. The molecular weight excluding hydrogens is 530 g/mol. The minimum Gasteiger partial charge on any atom is -0.385 e. The van der Waals surface area contributed by atoms with Gasteiger partial charge in [-0.25, -0.2) is 0 Å². The van der Waals surface area contributed by atoms with Gasteiger partial charge in [0.15, 0.2) is 0 Å². The highest BCUT2D eigenvalue weighted by Crippen LogP contribution is 2.36. The summed E-state index contributed by atoms with van der Waals surface area (Å²) in [7, 11) is 1.63. The van der Waals surface area contributed by atoms with Gasteiger partial charge < -0.3 is 14.5 Å². The molecule has 1 aromatic carbocycles. The van der Waals surface area contributed by atoms with Crippen molar-refractivity contribution in [2.24, 2.45) is 0 Å². The molecule has 0 N–H and O–H groups in total. The van der Waals surface area contributed by atoms with Gasteiger partial charge in [-0.15, -0.1) is 0 Å². The number of rotatable bonds is 10. The maximum absolute atomic E-state index is 13.6. The number of carbonyl (C=O) groups excluding carboxylic acids is 1. The second-order valence-electron chi connectivity index (χ2n) is 9.65. The van der Waals surface area contributed by atoms with Crippen LogP contribution in [0.3, 0.4) is 0 Å². The first-order valence-electron chi connectivity index (χ1n) is 13.4. The van der Waals surface area contributed by atoms with E-state index in [-0.39, 0.29) is 17.0 Å². The molecule has 2 aliphatic rings. The molecule has 1 amide bonds. The summed E-state index contributed by atoms with van der Waals surface area (Å²) in [6.07, 6.45) is 4.25. The first-order valence-corrected chi connectivity index (χ1v) is 14.6. The van der Waals surface area contributed by atoms with E-state index in [0.29, 0.717) is 54.0 Å². The average molecular weight is 566 g/mol. The molecule has 0 atom stereocenters. The summed E-state index contributed by atoms with van der Waals surface area (Å²) in [5.41, 5.74) is 2.37. The van der Waals surface area contributed by atoms with Crippen molar-refractivity contribution < 1.29 is 9.53 Å². The van der Waals surface area contributed by atoms with Gasteiger partial charge >= 0.3 is 0 Å². The number of nitrogens with zero attached hydrogens (tertiary/aromatic N) is 5. The third kappa shape index (κ3) is 6.21. The predicted octanol–water partition coefficient (Wildman–Crippen LogP) is 4.39. The zero-order valence-corrected chi connectivity index (χ0v) is 24.4. The number of carbonyl (C=O) groups is 1.